The lowest BCUT2D eigenvalue weighted by Crippen LogP contribution is -2.08. The van der Waals surface area contributed by atoms with Gasteiger partial charge in [-0.3, -0.25) is 4.79 Å². The van der Waals surface area contributed by atoms with E-state index in [2.05, 4.69) is 26.2 Å². The van der Waals surface area contributed by atoms with Gasteiger partial charge in [0.1, 0.15) is 11.5 Å². The fourth-order valence-electron chi connectivity index (χ4n) is 2.46. The molecule has 0 saturated carbocycles. The highest BCUT2D eigenvalue weighted by Crippen LogP contribution is 2.37. The van der Waals surface area contributed by atoms with Crippen molar-refractivity contribution in [1.29, 1.82) is 0 Å². The van der Waals surface area contributed by atoms with Crippen LogP contribution in [0.15, 0.2) is 57.2 Å². The molecule has 3 aromatic rings. The summed E-state index contributed by atoms with van der Waals surface area (Å²) in [5.41, 5.74) is 1.05. The number of hydrogen-bond donors (Lipinski definition) is 1. The van der Waals surface area contributed by atoms with E-state index in [-0.39, 0.29) is 18.2 Å². The van der Waals surface area contributed by atoms with E-state index in [1.54, 1.807) is 43.0 Å². The van der Waals surface area contributed by atoms with Crippen molar-refractivity contribution in [3.05, 3.63) is 46.9 Å². The molecule has 0 radical (unpaired) electrons. The van der Waals surface area contributed by atoms with Gasteiger partial charge in [-0.05, 0) is 40.2 Å². The maximum atomic E-state index is 12.0. The summed E-state index contributed by atoms with van der Waals surface area (Å²) >= 11 is 3.35. The minimum atomic E-state index is -0.569. The van der Waals surface area contributed by atoms with E-state index >= 15 is 0 Å². The molecule has 2 aromatic carbocycles. The van der Waals surface area contributed by atoms with Crippen molar-refractivity contribution in [3.63, 3.8) is 0 Å². The Balaban J connectivity index is 1.72. The zero-order valence-electron chi connectivity index (χ0n) is 14.1. The predicted molar refractivity (Wildman–Crippen MR) is 100 cm³/mol. The summed E-state index contributed by atoms with van der Waals surface area (Å²) in [7, 11) is 3.28. The predicted octanol–water partition coefficient (Wildman–Crippen LogP) is 4.34. The highest BCUT2D eigenvalue weighted by Gasteiger charge is 2.14. The van der Waals surface area contributed by atoms with Crippen LogP contribution in [0.4, 0.5) is 5.69 Å². The van der Waals surface area contributed by atoms with Crippen molar-refractivity contribution >= 4 is 38.4 Å². The topological polar surface area (TPSA) is 85.4 Å². The van der Waals surface area contributed by atoms with Gasteiger partial charge in [-0.2, -0.15) is 0 Å². The molecule has 0 aliphatic rings. The fraction of sp³-hybridized carbons (Fsp3) is 0.167. The van der Waals surface area contributed by atoms with Crippen LogP contribution in [0.3, 0.4) is 0 Å². The number of para-hydroxylation sites is 1. The van der Waals surface area contributed by atoms with Crippen LogP contribution < -0.4 is 9.47 Å². The van der Waals surface area contributed by atoms with E-state index in [1.165, 1.54) is 0 Å². The number of halogens is 1. The number of rotatable bonds is 5. The third-order valence-corrected chi connectivity index (χ3v) is 4.42. The van der Waals surface area contributed by atoms with Crippen molar-refractivity contribution < 1.29 is 19.4 Å². The molecular weight excluding hydrogens is 402 g/mol. The third kappa shape index (κ3) is 3.55. The fourth-order valence-corrected chi connectivity index (χ4v) is 2.93. The Morgan fingerprint density at radius 2 is 2.04 bits per heavy atom. The Morgan fingerprint density at radius 3 is 2.77 bits per heavy atom. The van der Waals surface area contributed by atoms with Crippen LogP contribution >= 0.6 is 15.9 Å². The molecular formula is C18H16BrN3O4. The van der Waals surface area contributed by atoms with Crippen molar-refractivity contribution in [1.82, 2.24) is 4.57 Å². The number of fused-ring (bicyclic) bond motifs is 1. The smallest absolute Gasteiger partial charge is 0.302 e. The first kappa shape index (κ1) is 17.9. The molecule has 1 aromatic heterocycles. The standard InChI is InChI=1S/C18H16BrN3O4/c1-22-14-6-4-3-5-12(14)17(18(22)24)21-20-16(23)10-26-15-8-7-11(25-2)9-13(15)19/h3-9,24H,10H2,1-2H3. The van der Waals surface area contributed by atoms with Crippen molar-refractivity contribution in [2.24, 2.45) is 17.3 Å². The highest BCUT2D eigenvalue weighted by molar-refractivity contribution is 9.10. The quantitative estimate of drug-likeness (QED) is 0.625. The van der Waals surface area contributed by atoms with Crippen molar-refractivity contribution in [2.75, 3.05) is 13.7 Å². The lowest BCUT2D eigenvalue weighted by atomic mass is 10.2. The van der Waals surface area contributed by atoms with Crippen LogP contribution in [-0.2, 0) is 11.8 Å². The second kappa shape index (κ2) is 7.57. The molecule has 0 fully saturated rings. The summed E-state index contributed by atoms with van der Waals surface area (Å²) in [4.78, 5) is 12.0. The molecule has 3 rings (SSSR count). The SMILES string of the molecule is COc1ccc(OCC(=O)N=Nc2c(O)n(C)c3ccccc23)c(Br)c1. The van der Waals surface area contributed by atoms with Crippen molar-refractivity contribution in [2.45, 2.75) is 0 Å². The third-order valence-electron chi connectivity index (χ3n) is 3.80. The number of aryl methyl sites for hydroxylation is 1. The molecule has 1 amide bonds. The summed E-state index contributed by atoms with van der Waals surface area (Å²) in [5, 5.41) is 18.4. The molecule has 0 bridgehead atoms. The minimum absolute atomic E-state index is 0.0541. The van der Waals surface area contributed by atoms with Gasteiger partial charge in [0, 0.05) is 12.4 Å². The number of aromatic nitrogens is 1. The van der Waals surface area contributed by atoms with Crippen LogP contribution in [0.25, 0.3) is 10.9 Å². The molecule has 0 unspecified atom stereocenters. The van der Waals surface area contributed by atoms with Gasteiger partial charge in [0.15, 0.2) is 12.3 Å². The van der Waals surface area contributed by atoms with Gasteiger partial charge >= 0.3 is 5.91 Å². The molecule has 0 aliphatic carbocycles. The van der Waals surface area contributed by atoms with Crippen LogP contribution in [0.1, 0.15) is 0 Å². The summed E-state index contributed by atoms with van der Waals surface area (Å²) < 4.78 is 12.8. The van der Waals surface area contributed by atoms with E-state index in [1.807, 2.05) is 18.2 Å². The molecule has 8 heteroatoms. The number of amides is 1. The number of nitrogens with zero attached hydrogens (tertiary/aromatic N) is 3. The molecule has 7 nitrogen and oxygen atoms in total. The summed E-state index contributed by atoms with van der Waals surface area (Å²) in [6.45, 7) is -0.278. The Labute approximate surface area is 158 Å². The largest absolute Gasteiger partial charge is 0.497 e. The lowest BCUT2D eigenvalue weighted by molar-refractivity contribution is -0.120. The van der Waals surface area contributed by atoms with Gasteiger partial charge in [-0.1, -0.05) is 18.2 Å². The van der Waals surface area contributed by atoms with Gasteiger partial charge in [-0.25, -0.2) is 0 Å². The van der Waals surface area contributed by atoms with Crippen molar-refractivity contribution in [3.8, 4) is 17.4 Å². The first-order chi connectivity index (χ1) is 12.5. The molecule has 1 heterocycles. The van der Waals surface area contributed by atoms with E-state index in [4.69, 9.17) is 9.47 Å². The number of methoxy groups -OCH3 is 1. The number of hydrogen-bond acceptors (Lipinski definition) is 5. The molecule has 0 saturated heterocycles. The number of azo groups is 1. The number of carbonyl (C=O) groups is 1. The first-order valence-corrected chi connectivity index (χ1v) is 8.48. The zero-order chi connectivity index (χ0) is 18.7. The second-order valence-electron chi connectivity index (χ2n) is 5.43. The molecule has 0 spiro atoms. The average molecular weight is 418 g/mol. The molecule has 1 N–H and O–H groups in total. The Morgan fingerprint density at radius 1 is 1.27 bits per heavy atom. The van der Waals surface area contributed by atoms with Crippen LogP contribution in [0, 0.1) is 0 Å². The molecule has 26 heavy (non-hydrogen) atoms. The molecule has 0 aliphatic heterocycles. The average Bonchev–Trinajstić information content (AvgIpc) is 2.90. The van der Waals surface area contributed by atoms with Gasteiger partial charge in [0.05, 0.1) is 17.1 Å². The van der Waals surface area contributed by atoms with Gasteiger partial charge in [-0.15, -0.1) is 10.2 Å². The zero-order valence-corrected chi connectivity index (χ0v) is 15.7. The molecule has 134 valence electrons. The number of benzene rings is 2. The number of ether oxygens (including phenoxy) is 2. The van der Waals surface area contributed by atoms with Crippen LogP contribution in [-0.4, -0.2) is 29.3 Å². The maximum Gasteiger partial charge on any atom is 0.302 e. The van der Waals surface area contributed by atoms with E-state index < -0.39 is 5.91 Å². The Bertz CT molecular complexity index is 998. The maximum absolute atomic E-state index is 12.0. The van der Waals surface area contributed by atoms with E-state index in [0.717, 1.165) is 5.52 Å². The monoisotopic (exact) mass is 417 g/mol. The summed E-state index contributed by atoms with van der Waals surface area (Å²) in [5.74, 6) is 0.533. The van der Waals surface area contributed by atoms with Gasteiger partial charge in [0.2, 0.25) is 5.88 Å². The van der Waals surface area contributed by atoms with E-state index in [9.17, 15) is 9.90 Å². The number of aromatic hydroxyl groups is 1. The second-order valence-corrected chi connectivity index (χ2v) is 6.28. The normalized spacial score (nSPS) is 11.2. The van der Waals surface area contributed by atoms with Gasteiger partial charge in [0.25, 0.3) is 0 Å². The lowest BCUT2D eigenvalue weighted by Gasteiger charge is -2.07. The highest BCUT2D eigenvalue weighted by atomic mass is 79.9. The Hall–Kier alpha value is -2.87. The summed E-state index contributed by atoms with van der Waals surface area (Å²) in [6.07, 6.45) is 0. The number of carbonyl (C=O) groups excluding carboxylic acids is 1. The Kier molecular flexibility index (Phi) is 5.22. The minimum Gasteiger partial charge on any atom is -0.497 e. The van der Waals surface area contributed by atoms with Crippen LogP contribution in [0.2, 0.25) is 0 Å². The molecule has 0 atom stereocenters. The van der Waals surface area contributed by atoms with Crippen LogP contribution in [0.5, 0.6) is 17.4 Å². The summed E-state index contributed by atoms with van der Waals surface area (Å²) in [6, 6.07) is 12.5. The first-order valence-electron chi connectivity index (χ1n) is 7.68. The van der Waals surface area contributed by atoms with E-state index in [0.29, 0.717) is 21.4 Å². The van der Waals surface area contributed by atoms with Gasteiger partial charge < -0.3 is 19.1 Å².